The molecule has 0 unspecified atom stereocenters. The van der Waals surface area contributed by atoms with Crippen molar-refractivity contribution in [2.75, 3.05) is 13.2 Å². The van der Waals surface area contributed by atoms with Crippen LogP contribution in [-0.2, 0) is 6.42 Å². The molecule has 0 radical (unpaired) electrons. The summed E-state index contributed by atoms with van der Waals surface area (Å²) in [5.74, 6) is 0.686. The molecule has 4 nitrogen and oxygen atoms in total. The molecule has 0 aliphatic heterocycles. The Bertz CT molecular complexity index is 252. The van der Waals surface area contributed by atoms with Crippen molar-refractivity contribution >= 4 is 0 Å². The fourth-order valence-corrected chi connectivity index (χ4v) is 1.08. The first kappa shape index (κ1) is 9.92. The number of rotatable bonds is 5. The minimum absolute atomic E-state index is 0.632. The van der Waals surface area contributed by atoms with E-state index in [1.54, 1.807) is 6.20 Å². The Hall–Kier alpha value is -1.16. The van der Waals surface area contributed by atoms with Gasteiger partial charge >= 0.3 is 0 Å². The fourth-order valence-electron chi connectivity index (χ4n) is 1.08. The second kappa shape index (κ2) is 5.48. The first-order chi connectivity index (χ1) is 6.38. The van der Waals surface area contributed by atoms with Gasteiger partial charge in [-0.1, -0.05) is 0 Å². The zero-order valence-electron chi connectivity index (χ0n) is 7.86. The van der Waals surface area contributed by atoms with E-state index in [-0.39, 0.29) is 0 Å². The van der Waals surface area contributed by atoms with Crippen LogP contribution >= 0.6 is 0 Å². The van der Waals surface area contributed by atoms with Gasteiger partial charge in [0, 0.05) is 11.8 Å². The lowest BCUT2D eigenvalue weighted by Crippen LogP contribution is -2.04. The van der Waals surface area contributed by atoms with Crippen molar-refractivity contribution in [1.82, 2.24) is 9.97 Å². The molecule has 0 saturated carbocycles. The normalized spacial score (nSPS) is 10.0. The third kappa shape index (κ3) is 2.99. The fraction of sp³-hybridized carbons (Fsp3) is 0.556. The smallest absolute Gasteiger partial charge is 0.219 e. The summed E-state index contributed by atoms with van der Waals surface area (Å²) in [6.07, 6.45) is 5.10. The third-order valence-corrected chi connectivity index (χ3v) is 1.68. The molecule has 0 fully saturated rings. The zero-order valence-corrected chi connectivity index (χ0v) is 7.86. The summed E-state index contributed by atoms with van der Waals surface area (Å²) in [4.78, 5) is 8.00. The van der Waals surface area contributed by atoms with Crippen LogP contribution in [-0.4, -0.2) is 23.1 Å². The number of aromatic nitrogens is 2. The van der Waals surface area contributed by atoms with Crippen molar-refractivity contribution in [2.24, 2.45) is 5.73 Å². The summed E-state index contributed by atoms with van der Waals surface area (Å²) in [5, 5.41) is 0. The van der Waals surface area contributed by atoms with Crippen LogP contribution in [0.5, 0.6) is 5.88 Å². The number of ether oxygens (including phenoxy) is 1. The highest BCUT2D eigenvalue weighted by Crippen LogP contribution is 2.14. The van der Waals surface area contributed by atoms with E-state index >= 15 is 0 Å². The van der Waals surface area contributed by atoms with E-state index in [1.165, 1.54) is 6.33 Å². The highest BCUT2D eigenvalue weighted by atomic mass is 16.5. The lowest BCUT2D eigenvalue weighted by atomic mass is 10.2. The van der Waals surface area contributed by atoms with E-state index in [0.717, 1.165) is 18.4 Å². The highest BCUT2D eigenvalue weighted by molar-refractivity contribution is 5.22. The van der Waals surface area contributed by atoms with Gasteiger partial charge in [-0.2, -0.15) is 0 Å². The molecular weight excluding hydrogens is 166 g/mol. The van der Waals surface area contributed by atoms with E-state index in [9.17, 15) is 0 Å². The lowest BCUT2D eigenvalue weighted by molar-refractivity contribution is 0.322. The maximum Gasteiger partial charge on any atom is 0.219 e. The monoisotopic (exact) mass is 181 g/mol. The Balaban J connectivity index is 2.66. The molecule has 1 aromatic rings. The molecule has 4 heteroatoms. The molecule has 1 heterocycles. The molecule has 0 saturated heterocycles. The van der Waals surface area contributed by atoms with Crippen molar-refractivity contribution in [3.05, 3.63) is 18.1 Å². The van der Waals surface area contributed by atoms with Gasteiger partial charge in [0.1, 0.15) is 6.33 Å². The number of hydrogen-bond acceptors (Lipinski definition) is 4. The molecule has 0 amide bonds. The molecule has 0 aliphatic rings. The average Bonchev–Trinajstić information content (AvgIpc) is 2.17. The van der Waals surface area contributed by atoms with Crippen LogP contribution in [0.25, 0.3) is 0 Å². The quantitative estimate of drug-likeness (QED) is 0.728. The Morgan fingerprint density at radius 1 is 1.54 bits per heavy atom. The SMILES string of the molecule is CCOc1ncncc1CCCN. The van der Waals surface area contributed by atoms with Gasteiger partial charge in [0.15, 0.2) is 0 Å². The summed E-state index contributed by atoms with van der Waals surface area (Å²) in [6.45, 7) is 3.25. The molecule has 0 spiro atoms. The zero-order chi connectivity index (χ0) is 9.52. The highest BCUT2D eigenvalue weighted by Gasteiger charge is 2.03. The number of aryl methyl sites for hydroxylation is 1. The molecule has 0 atom stereocenters. The molecule has 13 heavy (non-hydrogen) atoms. The summed E-state index contributed by atoms with van der Waals surface area (Å²) in [6, 6.07) is 0. The maximum absolute atomic E-state index is 5.42. The van der Waals surface area contributed by atoms with Gasteiger partial charge in [-0.25, -0.2) is 9.97 Å². The molecule has 0 bridgehead atoms. The van der Waals surface area contributed by atoms with Gasteiger partial charge < -0.3 is 10.5 Å². The van der Waals surface area contributed by atoms with Crippen molar-refractivity contribution in [1.29, 1.82) is 0 Å². The number of nitrogens with two attached hydrogens (primary N) is 1. The van der Waals surface area contributed by atoms with Crippen LogP contribution in [0.4, 0.5) is 0 Å². The maximum atomic E-state index is 5.42. The van der Waals surface area contributed by atoms with Crippen LogP contribution in [0.2, 0.25) is 0 Å². The minimum Gasteiger partial charge on any atom is -0.478 e. The summed E-state index contributed by atoms with van der Waals surface area (Å²) < 4.78 is 5.34. The topological polar surface area (TPSA) is 61.0 Å². The Morgan fingerprint density at radius 3 is 3.08 bits per heavy atom. The predicted octanol–water partition coefficient (Wildman–Crippen LogP) is 0.767. The van der Waals surface area contributed by atoms with Gasteiger partial charge in [-0.15, -0.1) is 0 Å². The van der Waals surface area contributed by atoms with Crippen LogP contribution in [0, 0.1) is 0 Å². The second-order valence-corrected chi connectivity index (χ2v) is 2.68. The van der Waals surface area contributed by atoms with Crippen molar-refractivity contribution in [3.63, 3.8) is 0 Å². The summed E-state index contributed by atoms with van der Waals surface area (Å²) >= 11 is 0. The minimum atomic E-state index is 0.632. The van der Waals surface area contributed by atoms with E-state index in [2.05, 4.69) is 9.97 Å². The first-order valence-electron chi connectivity index (χ1n) is 4.50. The van der Waals surface area contributed by atoms with Gasteiger partial charge in [-0.05, 0) is 26.3 Å². The van der Waals surface area contributed by atoms with Gasteiger partial charge in [0.25, 0.3) is 0 Å². The van der Waals surface area contributed by atoms with Crippen molar-refractivity contribution in [2.45, 2.75) is 19.8 Å². The standard InChI is InChI=1S/C9H15N3O/c1-2-13-9-8(4-3-5-10)6-11-7-12-9/h6-7H,2-5,10H2,1H3. The molecule has 0 aliphatic carbocycles. The van der Waals surface area contributed by atoms with Gasteiger partial charge in [0.05, 0.1) is 6.61 Å². The second-order valence-electron chi connectivity index (χ2n) is 2.68. The molecule has 1 rings (SSSR count). The Morgan fingerprint density at radius 2 is 2.38 bits per heavy atom. The van der Waals surface area contributed by atoms with Gasteiger partial charge in [0.2, 0.25) is 5.88 Å². The molecule has 0 aromatic carbocycles. The molecular formula is C9H15N3O. The van der Waals surface area contributed by atoms with E-state index in [4.69, 9.17) is 10.5 Å². The molecule has 1 aromatic heterocycles. The van der Waals surface area contributed by atoms with Crippen LogP contribution in [0.1, 0.15) is 18.9 Å². The van der Waals surface area contributed by atoms with Crippen LogP contribution in [0.3, 0.4) is 0 Å². The van der Waals surface area contributed by atoms with E-state index in [0.29, 0.717) is 19.0 Å². The first-order valence-corrected chi connectivity index (χ1v) is 4.50. The van der Waals surface area contributed by atoms with E-state index < -0.39 is 0 Å². The number of nitrogens with zero attached hydrogens (tertiary/aromatic N) is 2. The molecule has 72 valence electrons. The lowest BCUT2D eigenvalue weighted by Gasteiger charge is -2.06. The largest absolute Gasteiger partial charge is 0.478 e. The van der Waals surface area contributed by atoms with Crippen LogP contribution in [0.15, 0.2) is 12.5 Å². The Kier molecular flexibility index (Phi) is 4.18. The van der Waals surface area contributed by atoms with Gasteiger partial charge in [-0.3, -0.25) is 0 Å². The predicted molar refractivity (Wildman–Crippen MR) is 50.6 cm³/mol. The number of hydrogen-bond donors (Lipinski definition) is 1. The van der Waals surface area contributed by atoms with E-state index in [1.807, 2.05) is 6.92 Å². The summed E-state index contributed by atoms with van der Waals surface area (Å²) in [7, 11) is 0. The third-order valence-electron chi connectivity index (χ3n) is 1.68. The van der Waals surface area contributed by atoms with Crippen molar-refractivity contribution < 1.29 is 4.74 Å². The summed E-state index contributed by atoms with van der Waals surface area (Å²) in [5.41, 5.74) is 6.46. The Labute approximate surface area is 78.1 Å². The van der Waals surface area contributed by atoms with Crippen molar-refractivity contribution in [3.8, 4) is 5.88 Å². The average molecular weight is 181 g/mol. The molecule has 2 N–H and O–H groups in total. The van der Waals surface area contributed by atoms with Crippen LogP contribution < -0.4 is 10.5 Å².